The van der Waals surface area contributed by atoms with Gasteiger partial charge >= 0.3 is 0 Å². The summed E-state index contributed by atoms with van der Waals surface area (Å²) in [6.45, 7) is 10.5. The number of carbonyl (C=O) groups is 2. The van der Waals surface area contributed by atoms with E-state index in [9.17, 15) is 9.59 Å². The Bertz CT molecular complexity index is 858. The van der Waals surface area contributed by atoms with Gasteiger partial charge in [-0.25, -0.2) is 0 Å². The van der Waals surface area contributed by atoms with Gasteiger partial charge < -0.3 is 15.0 Å². The van der Waals surface area contributed by atoms with Crippen molar-refractivity contribution in [2.24, 2.45) is 0 Å². The first kappa shape index (κ1) is 23.9. The summed E-state index contributed by atoms with van der Waals surface area (Å²) in [6, 6.07) is 11.2. The summed E-state index contributed by atoms with van der Waals surface area (Å²) in [5.41, 5.74) is 4.21. The Kier molecular flexibility index (Phi) is 8.90. The molecule has 0 saturated heterocycles. The van der Waals surface area contributed by atoms with Crippen LogP contribution < -0.4 is 10.1 Å². The molecular formula is C24H31BrN2O3. The first-order chi connectivity index (χ1) is 14.2. The van der Waals surface area contributed by atoms with Crippen LogP contribution in [0.15, 0.2) is 40.9 Å². The summed E-state index contributed by atoms with van der Waals surface area (Å²) >= 11 is 3.54. The van der Waals surface area contributed by atoms with Gasteiger partial charge in [0.2, 0.25) is 5.91 Å². The summed E-state index contributed by atoms with van der Waals surface area (Å²) < 4.78 is 6.82. The molecule has 0 aliphatic rings. The molecule has 0 aliphatic carbocycles. The number of hydrogen-bond acceptors (Lipinski definition) is 3. The van der Waals surface area contributed by atoms with Crippen LogP contribution >= 0.6 is 15.9 Å². The normalized spacial score (nSPS) is 11.7. The zero-order valence-corrected chi connectivity index (χ0v) is 20.0. The van der Waals surface area contributed by atoms with E-state index >= 15 is 0 Å². The summed E-state index contributed by atoms with van der Waals surface area (Å²) in [5.74, 6) is 0.250. The maximum Gasteiger partial charge on any atom is 0.261 e. The highest BCUT2D eigenvalue weighted by Gasteiger charge is 2.26. The van der Waals surface area contributed by atoms with Crippen molar-refractivity contribution < 1.29 is 14.3 Å². The van der Waals surface area contributed by atoms with Crippen molar-refractivity contribution in [3.63, 3.8) is 0 Å². The number of halogens is 1. The van der Waals surface area contributed by atoms with Crippen LogP contribution in [0.3, 0.4) is 0 Å². The molecule has 1 N–H and O–H groups in total. The molecule has 0 aliphatic heterocycles. The highest BCUT2D eigenvalue weighted by molar-refractivity contribution is 9.10. The van der Waals surface area contributed by atoms with Crippen LogP contribution in [0.4, 0.5) is 0 Å². The third-order valence-electron chi connectivity index (χ3n) is 4.96. The van der Waals surface area contributed by atoms with Crippen molar-refractivity contribution in [3.8, 4) is 5.75 Å². The lowest BCUT2D eigenvalue weighted by Crippen LogP contribution is -2.49. The second kappa shape index (κ2) is 11.2. The third kappa shape index (κ3) is 6.59. The number of nitrogens with zero attached hydrogens (tertiary/aromatic N) is 1. The Morgan fingerprint density at radius 2 is 1.70 bits per heavy atom. The van der Waals surface area contributed by atoms with Crippen LogP contribution in [-0.4, -0.2) is 35.9 Å². The smallest absolute Gasteiger partial charge is 0.261 e. The fourth-order valence-electron chi connectivity index (χ4n) is 3.09. The van der Waals surface area contributed by atoms with Gasteiger partial charge in [-0.1, -0.05) is 52.7 Å². The van der Waals surface area contributed by atoms with Crippen molar-refractivity contribution in [1.29, 1.82) is 0 Å². The molecule has 30 heavy (non-hydrogen) atoms. The first-order valence-corrected chi connectivity index (χ1v) is 11.0. The van der Waals surface area contributed by atoms with Gasteiger partial charge in [0.15, 0.2) is 6.61 Å². The lowest BCUT2D eigenvalue weighted by molar-refractivity contribution is -0.142. The van der Waals surface area contributed by atoms with Gasteiger partial charge in [0, 0.05) is 17.6 Å². The highest BCUT2D eigenvalue weighted by Crippen LogP contribution is 2.26. The lowest BCUT2D eigenvalue weighted by Gasteiger charge is -2.29. The van der Waals surface area contributed by atoms with E-state index < -0.39 is 6.04 Å². The summed E-state index contributed by atoms with van der Waals surface area (Å²) in [7, 11) is 0. The molecule has 0 unspecified atom stereocenters. The number of aryl methyl sites for hydroxylation is 3. The maximum atomic E-state index is 13.1. The van der Waals surface area contributed by atoms with E-state index in [2.05, 4.69) is 21.2 Å². The molecule has 0 aromatic heterocycles. The quantitative estimate of drug-likeness (QED) is 0.572. The largest absolute Gasteiger partial charge is 0.484 e. The van der Waals surface area contributed by atoms with Crippen molar-refractivity contribution >= 4 is 27.7 Å². The van der Waals surface area contributed by atoms with E-state index in [0.29, 0.717) is 18.8 Å². The molecule has 2 aromatic carbocycles. The first-order valence-electron chi connectivity index (χ1n) is 10.2. The zero-order valence-electron chi connectivity index (χ0n) is 18.4. The number of rotatable bonds is 9. The molecular weight excluding hydrogens is 444 g/mol. The average Bonchev–Trinajstić information content (AvgIpc) is 2.73. The predicted molar refractivity (Wildman–Crippen MR) is 124 cm³/mol. The van der Waals surface area contributed by atoms with Gasteiger partial charge in [-0.15, -0.1) is 0 Å². The summed E-state index contributed by atoms with van der Waals surface area (Å²) in [5, 5.41) is 2.88. The van der Waals surface area contributed by atoms with E-state index in [1.165, 1.54) is 0 Å². The molecule has 2 amide bonds. The number of hydrogen-bond donors (Lipinski definition) is 1. The SMILES string of the molecule is CCCNC(=O)[C@H](C)N(Cc1ccc(C)cc1)C(=O)COc1cc(C)c(Br)c(C)c1. The average molecular weight is 475 g/mol. The number of benzene rings is 2. The minimum atomic E-state index is -0.595. The zero-order chi connectivity index (χ0) is 22.3. The Morgan fingerprint density at radius 3 is 2.27 bits per heavy atom. The molecule has 0 saturated carbocycles. The molecule has 0 fully saturated rings. The van der Waals surface area contributed by atoms with Crippen LogP contribution in [0.1, 0.15) is 42.5 Å². The van der Waals surface area contributed by atoms with Gasteiger partial charge in [0.1, 0.15) is 11.8 Å². The molecule has 0 bridgehead atoms. The number of carbonyl (C=O) groups excluding carboxylic acids is 2. The van der Waals surface area contributed by atoms with Gasteiger partial charge in [0.05, 0.1) is 0 Å². The standard InChI is InChI=1S/C24H31BrN2O3/c1-6-11-26-24(29)19(5)27(14-20-9-7-16(2)8-10-20)22(28)15-30-21-12-17(3)23(25)18(4)13-21/h7-10,12-13,19H,6,11,14-15H2,1-5H3,(H,26,29)/t19-/m0/s1. The molecule has 2 aromatic rings. The van der Waals surface area contributed by atoms with E-state index in [4.69, 9.17) is 4.74 Å². The molecule has 5 nitrogen and oxygen atoms in total. The molecule has 0 radical (unpaired) electrons. The Labute approximate surface area is 187 Å². The van der Waals surface area contributed by atoms with Crippen molar-refractivity contribution in [1.82, 2.24) is 10.2 Å². The van der Waals surface area contributed by atoms with Crippen LogP contribution in [0.25, 0.3) is 0 Å². The second-order valence-corrected chi connectivity index (χ2v) is 8.43. The third-order valence-corrected chi connectivity index (χ3v) is 6.21. The second-order valence-electron chi connectivity index (χ2n) is 7.63. The van der Waals surface area contributed by atoms with Gasteiger partial charge in [-0.05, 0) is 62.9 Å². The van der Waals surface area contributed by atoms with Crippen molar-refractivity contribution in [2.45, 2.75) is 53.6 Å². The van der Waals surface area contributed by atoms with Crippen LogP contribution in [-0.2, 0) is 16.1 Å². The topological polar surface area (TPSA) is 58.6 Å². The fourth-order valence-corrected chi connectivity index (χ4v) is 3.32. The van der Waals surface area contributed by atoms with Crippen molar-refractivity contribution in [3.05, 3.63) is 63.1 Å². The van der Waals surface area contributed by atoms with E-state index in [1.54, 1.807) is 11.8 Å². The molecule has 6 heteroatoms. The summed E-state index contributed by atoms with van der Waals surface area (Å²) in [4.78, 5) is 27.2. The fraction of sp³-hybridized carbons (Fsp3) is 0.417. The van der Waals surface area contributed by atoms with E-state index in [1.807, 2.05) is 64.1 Å². The summed E-state index contributed by atoms with van der Waals surface area (Å²) in [6.07, 6.45) is 0.843. The van der Waals surface area contributed by atoms with Crippen LogP contribution in [0.5, 0.6) is 5.75 Å². The Morgan fingerprint density at radius 1 is 1.10 bits per heavy atom. The molecule has 1 atom stereocenters. The highest BCUT2D eigenvalue weighted by atomic mass is 79.9. The monoisotopic (exact) mass is 474 g/mol. The van der Waals surface area contributed by atoms with E-state index in [-0.39, 0.29) is 18.4 Å². The minimum Gasteiger partial charge on any atom is -0.484 e. The number of ether oxygens (including phenoxy) is 1. The Hall–Kier alpha value is -2.34. The van der Waals surface area contributed by atoms with Crippen LogP contribution in [0, 0.1) is 20.8 Å². The minimum absolute atomic E-state index is 0.127. The van der Waals surface area contributed by atoms with Crippen molar-refractivity contribution in [2.75, 3.05) is 13.2 Å². The van der Waals surface area contributed by atoms with E-state index in [0.717, 1.165) is 33.1 Å². The molecule has 0 spiro atoms. The van der Waals surface area contributed by atoms with Gasteiger partial charge in [-0.2, -0.15) is 0 Å². The van der Waals surface area contributed by atoms with Gasteiger partial charge in [0.25, 0.3) is 5.91 Å². The molecule has 162 valence electrons. The maximum absolute atomic E-state index is 13.1. The Balaban J connectivity index is 2.16. The number of nitrogens with one attached hydrogen (secondary N) is 1. The van der Waals surface area contributed by atoms with Crippen LogP contribution in [0.2, 0.25) is 0 Å². The molecule has 0 heterocycles. The predicted octanol–water partition coefficient (Wildman–Crippen LogP) is 4.70. The lowest BCUT2D eigenvalue weighted by atomic mass is 10.1. The number of amides is 2. The molecule has 2 rings (SSSR count). The van der Waals surface area contributed by atoms with Gasteiger partial charge in [-0.3, -0.25) is 9.59 Å².